The number of primary amides is 1. The van der Waals surface area contributed by atoms with Crippen LogP contribution in [0.5, 0.6) is 5.75 Å². The molecular formula is C21H17Cl2FN2O2. The van der Waals surface area contributed by atoms with Gasteiger partial charge in [0.15, 0.2) is 0 Å². The number of nitrogens with two attached hydrogens (primary N) is 1. The van der Waals surface area contributed by atoms with E-state index in [1.165, 1.54) is 6.07 Å². The number of rotatable bonds is 6. The van der Waals surface area contributed by atoms with Gasteiger partial charge in [0, 0.05) is 33.3 Å². The molecule has 0 spiro atoms. The van der Waals surface area contributed by atoms with Crippen molar-refractivity contribution in [2.75, 3.05) is 0 Å². The first-order chi connectivity index (χ1) is 13.3. The highest BCUT2D eigenvalue weighted by molar-refractivity contribution is 6.30. The van der Waals surface area contributed by atoms with E-state index in [2.05, 4.69) is 4.98 Å². The van der Waals surface area contributed by atoms with Crippen molar-refractivity contribution in [1.82, 2.24) is 4.98 Å². The van der Waals surface area contributed by atoms with Crippen molar-refractivity contribution >= 4 is 29.1 Å². The molecule has 3 aromatic rings. The van der Waals surface area contributed by atoms with E-state index in [9.17, 15) is 9.18 Å². The molecule has 0 bridgehead atoms. The average molecular weight is 419 g/mol. The van der Waals surface area contributed by atoms with Crippen LogP contribution < -0.4 is 10.5 Å². The number of ether oxygens (including phenoxy) is 1. The lowest BCUT2D eigenvalue weighted by atomic mass is 10.0. The van der Waals surface area contributed by atoms with Gasteiger partial charge in [-0.25, -0.2) is 9.37 Å². The van der Waals surface area contributed by atoms with Gasteiger partial charge in [-0.2, -0.15) is 0 Å². The lowest BCUT2D eigenvalue weighted by molar-refractivity contribution is 0.0995. The first-order valence-corrected chi connectivity index (χ1v) is 9.20. The fraction of sp³-hybridized carbons (Fsp3) is 0.143. The first kappa shape index (κ1) is 20.1. The van der Waals surface area contributed by atoms with Crippen molar-refractivity contribution < 1.29 is 13.9 Å². The minimum atomic E-state index is -0.595. The van der Waals surface area contributed by atoms with Gasteiger partial charge < -0.3 is 10.5 Å². The zero-order valence-electron chi connectivity index (χ0n) is 15.0. The third-order valence-electron chi connectivity index (χ3n) is 4.23. The fourth-order valence-electron chi connectivity index (χ4n) is 2.69. The SMILES string of the molecule is Cc1ccc(C(N)=O)nc1Cc1cc(Cl)ccc1OCc1ccc(Cl)cc1F. The Bertz CT molecular complexity index is 1040. The summed E-state index contributed by atoms with van der Waals surface area (Å²) in [6.07, 6.45) is 0.381. The lowest BCUT2D eigenvalue weighted by Gasteiger charge is -2.14. The van der Waals surface area contributed by atoms with E-state index in [0.717, 1.165) is 11.1 Å². The molecule has 0 radical (unpaired) electrons. The van der Waals surface area contributed by atoms with Gasteiger partial charge in [0.25, 0.3) is 5.91 Å². The predicted molar refractivity (Wildman–Crippen MR) is 107 cm³/mol. The van der Waals surface area contributed by atoms with Crippen molar-refractivity contribution in [3.8, 4) is 5.75 Å². The molecule has 0 aliphatic heterocycles. The van der Waals surface area contributed by atoms with E-state index in [1.807, 2.05) is 6.92 Å². The van der Waals surface area contributed by atoms with Gasteiger partial charge >= 0.3 is 0 Å². The van der Waals surface area contributed by atoms with E-state index in [0.29, 0.717) is 33.5 Å². The fourth-order valence-corrected chi connectivity index (χ4v) is 3.04. The zero-order chi connectivity index (χ0) is 20.3. The van der Waals surface area contributed by atoms with Crippen LogP contribution in [0.4, 0.5) is 4.39 Å². The number of aromatic nitrogens is 1. The number of aryl methyl sites for hydroxylation is 1. The molecule has 0 unspecified atom stereocenters. The molecule has 28 heavy (non-hydrogen) atoms. The number of carbonyl (C=O) groups excluding carboxylic acids is 1. The monoisotopic (exact) mass is 418 g/mol. The van der Waals surface area contributed by atoms with Crippen LogP contribution in [0.1, 0.15) is 32.9 Å². The van der Waals surface area contributed by atoms with Crippen LogP contribution in [-0.4, -0.2) is 10.9 Å². The molecule has 0 aliphatic carbocycles. The third kappa shape index (κ3) is 4.80. The molecule has 0 saturated heterocycles. The number of carbonyl (C=O) groups is 1. The van der Waals surface area contributed by atoms with Gasteiger partial charge in [0.1, 0.15) is 23.9 Å². The minimum Gasteiger partial charge on any atom is -0.489 e. The lowest BCUT2D eigenvalue weighted by Crippen LogP contribution is -2.14. The molecule has 1 aromatic heterocycles. The molecule has 0 atom stereocenters. The second kappa shape index (κ2) is 8.59. The number of hydrogen-bond acceptors (Lipinski definition) is 3. The van der Waals surface area contributed by atoms with Crippen LogP contribution in [-0.2, 0) is 13.0 Å². The standard InChI is InChI=1S/C21H17Cl2FN2O2/c1-12-2-6-18(21(25)27)26-19(12)9-14-8-15(22)5-7-20(14)28-11-13-3-4-16(23)10-17(13)24/h2-8,10H,9,11H2,1H3,(H2,25,27). The van der Waals surface area contributed by atoms with E-state index in [-0.39, 0.29) is 12.3 Å². The predicted octanol–water partition coefficient (Wildman–Crippen LogP) is 5.10. The van der Waals surface area contributed by atoms with E-state index in [4.69, 9.17) is 33.7 Å². The van der Waals surface area contributed by atoms with E-state index < -0.39 is 11.7 Å². The topological polar surface area (TPSA) is 65.2 Å². The second-order valence-corrected chi connectivity index (χ2v) is 7.15. The van der Waals surface area contributed by atoms with Crippen LogP contribution in [0.2, 0.25) is 10.0 Å². The van der Waals surface area contributed by atoms with E-state index in [1.54, 1.807) is 42.5 Å². The van der Waals surface area contributed by atoms with Crippen LogP contribution in [0.15, 0.2) is 48.5 Å². The Morgan fingerprint density at radius 2 is 1.79 bits per heavy atom. The smallest absolute Gasteiger partial charge is 0.267 e. The maximum atomic E-state index is 14.0. The van der Waals surface area contributed by atoms with Crippen molar-refractivity contribution in [3.63, 3.8) is 0 Å². The highest BCUT2D eigenvalue weighted by Crippen LogP contribution is 2.27. The van der Waals surface area contributed by atoms with Crippen molar-refractivity contribution in [1.29, 1.82) is 0 Å². The summed E-state index contributed by atoms with van der Waals surface area (Å²) in [5, 5.41) is 0.855. The summed E-state index contributed by atoms with van der Waals surface area (Å²) in [5.41, 5.74) is 8.24. The molecule has 2 N–H and O–H groups in total. The van der Waals surface area contributed by atoms with Crippen LogP contribution in [0.25, 0.3) is 0 Å². The largest absolute Gasteiger partial charge is 0.489 e. The quantitative estimate of drug-likeness (QED) is 0.604. The second-order valence-electron chi connectivity index (χ2n) is 6.28. The Hall–Kier alpha value is -2.63. The molecule has 2 aromatic carbocycles. The molecule has 0 saturated carbocycles. The Kier molecular flexibility index (Phi) is 6.17. The van der Waals surface area contributed by atoms with Gasteiger partial charge in [0.2, 0.25) is 0 Å². The van der Waals surface area contributed by atoms with E-state index >= 15 is 0 Å². The molecule has 3 rings (SSSR count). The summed E-state index contributed by atoms with van der Waals surface area (Å²) in [6.45, 7) is 1.92. The number of benzene rings is 2. The maximum Gasteiger partial charge on any atom is 0.267 e. The normalized spacial score (nSPS) is 10.7. The number of amides is 1. The molecule has 0 fully saturated rings. The Morgan fingerprint density at radius 3 is 2.50 bits per heavy atom. The average Bonchev–Trinajstić information content (AvgIpc) is 2.64. The first-order valence-electron chi connectivity index (χ1n) is 8.45. The van der Waals surface area contributed by atoms with Gasteiger partial charge in [0.05, 0.1) is 0 Å². The summed E-state index contributed by atoms with van der Waals surface area (Å²) in [6, 6.07) is 13.0. The van der Waals surface area contributed by atoms with Gasteiger partial charge in [-0.15, -0.1) is 0 Å². The van der Waals surface area contributed by atoms with Gasteiger partial charge in [-0.3, -0.25) is 4.79 Å². The number of hydrogen-bond donors (Lipinski definition) is 1. The highest BCUT2D eigenvalue weighted by Gasteiger charge is 2.12. The maximum absolute atomic E-state index is 14.0. The summed E-state index contributed by atoms with van der Waals surface area (Å²) in [4.78, 5) is 15.8. The Morgan fingerprint density at radius 1 is 1.07 bits per heavy atom. The Labute approximate surface area is 172 Å². The molecule has 144 valence electrons. The number of halogens is 3. The molecule has 1 heterocycles. The summed E-state index contributed by atoms with van der Waals surface area (Å²) >= 11 is 11.9. The van der Waals surface area contributed by atoms with Crippen molar-refractivity contribution in [3.05, 3.63) is 92.5 Å². The summed E-state index contributed by atoms with van der Waals surface area (Å²) in [5.74, 6) is -0.485. The molecule has 4 nitrogen and oxygen atoms in total. The molecule has 0 aliphatic rings. The molecule has 1 amide bonds. The third-order valence-corrected chi connectivity index (χ3v) is 4.70. The van der Waals surface area contributed by atoms with Crippen LogP contribution in [0, 0.1) is 12.7 Å². The summed E-state index contributed by atoms with van der Waals surface area (Å²) < 4.78 is 19.8. The summed E-state index contributed by atoms with van der Waals surface area (Å²) in [7, 11) is 0. The highest BCUT2D eigenvalue weighted by atomic mass is 35.5. The number of nitrogens with zero attached hydrogens (tertiary/aromatic N) is 1. The Balaban J connectivity index is 1.87. The molecular weight excluding hydrogens is 402 g/mol. The molecule has 7 heteroatoms. The van der Waals surface area contributed by atoms with Crippen molar-refractivity contribution in [2.24, 2.45) is 5.73 Å². The minimum absolute atomic E-state index is 0.0331. The van der Waals surface area contributed by atoms with Crippen LogP contribution >= 0.6 is 23.2 Å². The van der Waals surface area contributed by atoms with Crippen molar-refractivity contribution in [2.45, 2.75) is 20.0 Å². The van der Waals surface area contributed by atoms with Gasteiger partial charge in [-0.1, -0.05) is 35.3 Å². The number of pyridine rings is 1. The zero-order valence-corrected chi connectivity index (χ0v) is 16.5. The van der Waals surface area contributed by atoms with Crippen LogP contribution in [0.3, 0.4) is 0 Å². The van der Waals surface area contributed by atoms with Gasteiger partial charge in [-0.05, 0) is 48.9 Å².